The van der Waals surface area contributed by atoms with Crippen LogP contribution in [0.3, 0.4) is 0 Å². The van der Waals surface area contributed by atoms with Gasteiger partial charge in [0.05, 0.1) is 11.0 Å². The molecule has 1 atom stereocenters. The quantitative estimate of drug-likeness (QED) is 0.183. The second-order valence-corrected chi connectivity index (χ2v) is 9.50. The maximum atomic E-state index is 12.7. The van der Waals surface area contributed by atoms with Crippen molar-refractivity contribution < 1.29 is 14.3 Å². The first-order chi connectivity index (χ1) is 19.1. The van der Waals surface area contributed by atoms with Gasteiger partial charge in [-0.15, -0.1) is 0 Å². The minimum absolute atomic E-state index is 0.0796. The molecule has 0 aliphatic carbocycles. The van der Waals surface area contributed by atoms with Crippen LogP contribution in [0.5, 0.6) is 17.2 Å². The largest absolute Gasteiger partial charge is 0.483 e. The number of para-hydroxylation sites is 2. The predicted octanol–water partition coefficient (Wildman–Crippen LogP) is 7.55. The molecule has 1 amide bonds. The fourth-order valence-corrected chi connectivity index (χ4v) is 4.47. The third-order valence-electron chi connectivity index (χ3n) is 6.52. The molecule has 6 nitrogen and oxygen atoms in total. The number of ether oxygens (including phenoxy) is 2. The van der Waals surface area contributed by atoms with Crippen molar-refractivity contribution in [1.82, 2.24) is 14.9 Å². The molecule has 0 fully saturated rings. The first-order valence-electron chi connectivity index (χ1n) is 13.4. The van der Waals surface area contributed by atoms with Gasteiger partial charge in [0.15, 0.2) is 11.9 Å². The molecule has 6 heteroatoms. The highest BCUT2D eigenvalue weighted by molar-refractivity contribution is 5.97. The van der Waals surface area contributed by atoms with E-state index in [1.54, 1.807) is 0 Å². The number of benzene rings is 4. The summed E-state index contributed by atoms with van der Waals surface area (Å²) in [5.41, 5.74) is 3.42. The zero-order valence-electron chi connectivity index (χ0n) is 22.3. The maximum absolute atomic E-state index is 12.7. The van der Waals surface area contributed by atoms with Gasteiger partial charge in [-0.05, 0) is 73.5 Å². The Morgan fingerprint density at radius 2 is 1.54 bits per heavy atom. The highest BCUT2D eigenvalue weighted by atomic mass is 16.5. The molecule has 0 aliphatic rings. The van der Waals surface area contributed by atoms with Gasteiger partial charge in [-0.2, -0.15) is 0 Å². The number of hydrogen-bond acceptors (Lipinski definition) is 4. The molecule has 39 heavy (non-hydrogen) atoms. The van der Waals surface area contributed by atoms with Gasteiger partial charge in [0.25, 0.3) is 5.91 Å². The van der Waals surface area contributed by atoms with Gasteiger partial charge >= 0.3 is 0 Å². The molecule has 1 heterocycles. The normalized spacial score (nSPS) is 11.7. The number of unbranched alkanes of at least 4 members (excludes halogenated alkanes) is 1. The molecule has 4 aromatic carbocycles. The number of amides is 1. The molecule has 0 radical (unpaired) electrons. The first-order valence-corrected chi connectivity index (χ1v) is 13.4. The molecule has 0 saturated heterocycles. The van der Waals surface area contributed by atoms with E-state index in [2.05, 4.69) is 28.9 Å². The molecule has 0 spiro atoms. The number of hydrogen-bond donors (Lipinski definition) is 1. The van der Waals surface area contributed by atoms with Crippen molar-refractivity contribution in [2.75, 3.05) is 6.54 Å². The third kappa shape index (κ3) is 6.47. The minimum Gasteiger partial charge on any atom is -0.483 e. The lowest BCUT2D eigenvalue weighted by Gasteiger charge is -2.17. The van der Waals surface area contributed by atoms with Crippen LogP contribution in [0.15, 0.2) is 103 Å². The Kier molecular flexibility index (Phi) is 8.22. The lowest BCUT2D eigenvalue weighted by molar-refractivity contribution is 0.0953. The van der Waals surface area contributed by atoms with Crippen molar-refractivity contribution >= 4 is 16.9 Å². The summed E-state index contributed by atoms with van der Waals surface area (Å²) < 4.78 is 14.4. The SMILES string of the molecule is CCCCNC(=O)c1ccc2c(c1)nc(C(C)Oc1ccccc1)n2Cc1ccc(Oc2ccccc2)cc1. The molecular formula is C33H33N3O3. The van der Waals surface area contributed by atoms with Crippen LogP contribution in [-0.4, -0.2) is 22.0 Å². The van der Waals surface area contributed by atoms with Crippen LogP contribution in [0.4, 0.5) is 0 Å². The minimum atomic E-state index is -0.303. The lowest BCUT2D eigenvalue weighted by atomic mass is 10.1. The van der Waals surface area contributed by atoms with Crippen molar-refractivity contribution in [2.45, 2.75) is 39.3 Å². The molecule has 1 N–H and O–H groups in total. The Morgan fingerprint density at radius 1 is 0.872 bits per heavy atom. The monoisotopic (exact) mass is 519 g/mol. The fourth-order valence-electron chi connectivity index (χ4n) is 4.47. The highest BCUT2D eigenvalue weighted by Gasteiger charge is 2.20. The van der Waals surface area contributed by atoms with Gasteiger partial charge in [0.1, 0.15) is 17.2 Å². The molecule has 0 bridgehead atoms. The second kappa shape index (κ2) is 12.3. The number of rotatable bonds is 11. The number of nitrogens with zero attached hydrogens (tertiary/aromatic N) is 2. The number of carbonyl (C=O) groups is 1. The topological polar surface area (TPSA) is 65.4 Å². The summed E-state index contributed by atoms with van der Waals surface area (Å²) in [7, 11) is 0. The molecule has 198 valence electrons. The van der Waals surface area contributed by atoms with Crippen LogP contribution in [0.2, 0.25) is 0 Å². The first kappa shape index (κ1) is 26.0. The van der Waals surface area contributed by atoms with Gasteiger partial charge in [0.2, 0.25) is 0 Å². The molecule has 1 aromatic heterocycles. The second-order valence-electron chi connectivity index (χ2n) is 9.50. The molecule has 5 rings (SSSR count). The van der Waals surface area contributed by atoms with Gasteiger partial charge in [0, 0.05) is 18.7 Å². The van der Waals surface area contributed by atoms with Gasteiger partial charge in [-0.3, -0.25) is 4.79 Å². The zero-order valence-corrected chi connectivity index (χ0v) is 22.3. The average Bonchev–Trinajstić information content (AvgIpc) is 3.33. The fraction of sp³-hybridized carbons (Fsp3) is 0.212. The van der Waals surface area contributed by atoms with Crippen LogP contribution in [0.25, 0.3) is 11.0 Å². The standard InChI is InChI=1S/C33H33N3O3/c1-3-4-21-34-33(37)26-17-20-31-30(22-26)35-32(24(2)38-27-11-7-5-8-12-27)36(31)23-25-15-18-29(19-16-25)39-28-13-9-6-10-14-28/h5-20,22,24H,3-4,21,23H2,1-2H3,(H,34,37). The molecule has 5 aromatic rings. The number of aromatic nitrogens is 2. The molecular weight excluding hydrogens is 486 g/mol. The smallest absolute Gasteiger partial charge is 0.251 e. The zero-order chi connectivity index (χ0) is 27.0. The molecule has 1 unspecified atom stereocenters. The van der Waals surface area contributed by atoms with Crippen molar-refractivity contribution in [3.8, 4) is 17.2 Å². The lowest BCUT2D eigenvalue weighted by Crippen LogP contribution is -2.24. The number of imidazole rings is 1. The maximum Gasteiger partial charge on any atom is 0.251 e. The van der Waals surface area contributed by atoms with E-state index in [-0.39, 0.29) is 12.0 Å². The average molecular weight is 520 g/mol. The summed E-state index contributed by atoms with van der Waals surface area (Å²) in [6.45, 7) is 5.37. The predicted molar refractivity (Wildman–Crippen MR) is 155 cm³/mol. The summed E-state index contributed by atoms with van der Waals surface area (Å²) in [5.74, 6) is 3.07. The van der Waals surface area contributed by atoms with E-state index in [0.29, 0.717) is 18.7 Å². The van der Waals surface area contributed by atoms with Crippen LogP contribution in [0.1, 0.15) is 54.5 Å². The van der Waals surface area contributed by atoms with E-state index in [4.69, 9.17) is 14.5 Å². The Morgan fingerprint density at radius 3 is 2.23 bits per heavy atom. The molecule has 0 aliphatic heterocycles. The van der Waals surface area contributed by atoms with Crippen molar-refractivity contribution in [3.05, 3.63) is 120 Å². The van der Waals surface area contributed by atoms with Crippen molar-refractivity contribution in [3.63, 3.8) is 0 Å². The number of fused-ring (bicyclic) bond motifs is 1. The summed E-state index contributed by atoms with van der Waals surface area (Å²) in [6, 6.07) is 33.3. The van der Waals surface area contributed by atoms with E-state index in [0.717, 1.165) is 52.5 Å². The number of nitrogens with one attached hydrogen (secondary N) is 1. The van der Waals surface area contributed by atoms with Gasteiger partial charge in [-0.1, -0.05) is 61.9 Å². The van der Waals surface area contributed by atoms with Crippen LogP contribution < -0.4 is 14.8 Å². The van der Waals surface area contributed by atoms with E-state index < -0.39 is 0 Å². The van der Waals surface area contributed by atoms with Crippen LogP contribution >= 0.6 is 0 Å². The van der Waals surface area contributed by atoms with Crippen LogP contribution in [-0.2, 0) is 6.54 Å². The summed E-state index contributed by atoms with van der Waals surface area (Å²) in [4.78, 5) is 17.7. The molecule has 0 saturated carbocycles. The van der Waals surface area contributed by atoms with E-state index in [1.807, 2.05) is 97.9 Å². The van der Waals surface area contributed by atoms with E-state index in [9.17, 15) is 4.79 Å². The van der Waals surface area contributed by atoms with Crippen molar-refractivity contribution in [1.29, 1.82) is 0 Å². The Labute approximate surface area is 229 Å². The summed E-state index contributed by atoms with van der Waals surface area (Å²) >= 11 is 0. The number of carbonyl (C=O) groups excluding carboxylic acids is 1. The van der Waals surface area contributed by atoms with E-state index in [1.165, 1.54) is 0 Å². The van der Waals surface area contributed by atoms with Crippen molar-refractivity contribution in [2.24, 2.45) is 0 Å². The summed E-state index contributed by atoms with van der Waals surface area (Å²) in [6.07, 6.45) is 1.68. The Hall–Kier alpha value is -4.58. The Bertz CT molecular complexity index is 1510. The third-order valence-corrected chi connectivity index (χ3v) is 6.52. The van der Waals surface area contributed by atoms with Gasteiger partial charge < -0.3 is 19.4 Å². The summed E-state index contributed by atoms with van der Waals surface area (Å²) in [5, 5.41) is 2.99. The van der Waals surface area contributed by atoms with E-state index >= 15 is 0 Å². The van der Waals surface area contributed by atoms with Crippen LogP contribution in [0, 0.1) is 0 Å². The Balaban J connectivity index is 1.43. The van der Waals surface area contributed by atoms with Gasteiger partial charge in [-0.25, -0.2) is 4.98 Å². The highest BCUT2D eigenvalue weighted by Crippen LogP contribution is 2.28.